The summed E-state index contributed by atoms with van der Waals surface area (Å²) in [5, 5.41) is 11.7. The third kappa shape index (κ3) is 7.04. The van der Waals surface area contributed by atoms with Crippen LogP contribution in [0.3, 0.4) is 0 Å². The van der Waals surface area contributed by atoms with Gasteiger partial charge in [-0.3, -0.25) is 4.57 Å². The molecule has 0 spiro atoms. The van der Waals surface area contributed by atoms with Crippen LogP contribution in [-0.4, -0.2) is 45.4 Å². The molecule has 10 heteroatoms. The lowest BCUT2D eigenvalue weighted by Crippen LogP contribution is -2.42. The molecule has 4 N–H and O–H groups in total. The molecule has 0 bridgehead atoms. The van der Waals surface area contributed by atoms with Crippen molar-refractivity contribution in [3.63, 3.8) is 0 Å². The molecule has 0 fully saturated rings. The summed E-state index contributed by atoms with van der Waals surface area (Å²) in [4.78, 5) is 31.3. The first kappa shape index (κ1) is 26.3. The zero-order valence-corrected chi connectivity index (χ0v) is 19.8. The van der Waals surface area contributed by atoms with Gasteiger partial charge < -0.3 is 29.7 Å². The monoisotopic (exact) mass is 485 g/mol. The smallest absolute Gasteiger partial charge is 0.380 e. The molecule has 8 nitrogen and oxygen atoms in total. The summed E-state index contributed by atoms with van der Waals surface area (Å²) >= 11 is 5.96. The Morgan fingerprint density at radius 3 is 2.44 bits per heavy atom. The summed E-state index contributed by atoms with van der Waals surface area (Å²) in [6, 6.07) is 13.7. The lowest BCUT2D eigenvalue weighted by Gasteiger charge is -2.28. The largest absolute Gasteiger partial charge is 0.463 e. The van der Waals surface area contributed by atoms with E-state index in [2.05, 4.69) is 5.32 Å². The van der Waals surface area contributed by atoms with Crippen molar-refractivity contribution < 1.29 is 33.7 Å². The minimum Gasteiger partial charge on any atom is -0.463 e. The SMILES string of the molecule is CCOC(=O)C(C)(Oc1ccc(CC(C)NCC(O)c2cccc(Cl)c2)cc1)P(=O)(O)O. The van der Waals surface area contributed by atoms with Crippen molar-refractivity contribution in [2.24, 2.45) is 0 Å². The van der Waals surface area contributed by atoms with E-state index in [1.807, 2.05) is 13.0 Å². The number of hydrogen-bond donors (Lipinski definition) is 4. The fourth-order valence-corrected chi connectivity index (χ4v) is 3.70. The van der Waals surface area contributed by atoms with Gasteiger partial charge in [-0.05, 0) is 62.6 Å². The third-order valence-corrected chi connectivity index (χ3v) is 6.51. The minimum absolute atomic E-state index is 0.0341. The van der Waals surface area contributed by atoms with Gasteiger partial charge in [-0.15, -0.1) is 0 Å². The van der Waals surface area contributed by atoms with Crippen LogP contribution in [0.5, 0.6) is 5.75 Å². The Hall–Kier alpha value is -1.93. The zero-order valence-electron chi connectivity index (χ0n) is 18.2. The Morgan fingerprint density at radius 2 is 1.88 bits per heavy atom. The number of carbonyl (C=O) groups excluding carboxylic acids is 1. The molecule has 2 aromatic rings. The molecule has 3 unspecified atom stereocenters. The molecule has 0 amide bonds. The zero-order chi connectivity index (χ0) is 23.9. The maximum atomic E-state index is 12.1. The Labute approximate surface area is 192 Å². The molecular weight excluding hydrogens is 457 g/mol. The second-order valence-corrected chi connectivity index (χ2v) is 9.96. The van der Waals surface area contributed by atoms with Crippen LogP contribution in [0.15, 0.2) is 48.5 Å². The quantitative estimate of drug-likeness (QED) is 0.282. The molecule has 2 rings (SSSR count). The highest BCUT2D eigenvalue weighted by atomic mass is 35.5. The van der Waals surface area contributed by atoms with E-state index in [-0.39, 0.29) is 18.4 Å². The molecule has 2 aromatic carbocycles. The number of rotatable bonds is 11. The first-order chi connectivity index (χ1) is 15.0. The van der Waals surface area contributed by atoms with Crippen LogP contribution in [0, 0.1) is 0 Å². The van der Waals surface area contributed by atoms with E-state index in [9.17, 15) is 24.3 Å². The number of halogens is 1. The van der Waals surface area contributed by atoms with E-state index < -0.39 is 25.0 Å². The molecule has 32 heavy (non-hydrogen) atoms. The highest BCUT2D eigenvalue weighted by Crippen LogP contribution is 2.51. The number of benzene rings is 2. The van der Waals surface area contributed by atoms with Gasteiger partial charge in [0.15, 0.2) is 0 Å². The van der Waals surface area contributed by atoms with Crippen LogP contribution in [-0.2, 0) is 20.5 Å². The highest BCUT2D eigenvalue weighted by Gasteiger charge is 2.53. The van der Waals surface area contributed by atoms with Gasteiger partial charge >= 0.3 is 18.9 Å². The summed E-state index contributed by atoms with van der Waals surface area (Å²) in [6.07, 6.45) is -0.0592. The van der Waals surface area contributed by atoms with Gasteiger partial charge in [-0.25, -0.2) is 4.79 Å². The van der Waals surface area contributed by atoms with Gasteiger partial charge in [-0.1, -0.05) is 35.9 Å². The summed E-state index contributed by atoms with van der Waals surface area (Å²) in [5.41, 5.74) is 1.66. The molecule has 0 aliphatic rings. The standard InChI is InChI=1S/C22H29ClNO7P/c1-4-30-21(26)22(3,32(27,28)29)31-19-10-8-16(9-11-19)12-15(2)24-14-20(25)17-6-5-7-18(23)13-17/h5-11,13,15,20,24-25H,4,12,14H2,1-3H3,(H2,27,28,29). The van der Waals surface area contributed by atoms with E-state index in [0.717, 1.165) is 18.1 Å². The number of carbonyl (C=O) groups is 1. The Kier molecular flexibility index (Phi) is 9.28. The topological polar surface area (TPSA) is 125 Å². The fraction of sp³-hybridized carbons (Fsp3) is 0.409. The lowest BCUT2D eigenvalue weighted by molar-refractivity contribution is -0.154. The normalized spacial score (nSPS) is 15.5. The van der Waals surface area contributed by atoms with Gasteiger partial charge in [0.05, 0.1) is 12.7 Å². The van der Waals surface area contributed by atoms with E-state index >= 15 is 0 Å². The molecule has 0 heterocycles. The van der Waals surface area contributed by atoms with Gasteiger partial charge in [0, 0.05) is 17.6 Å². The Bertz CT molecular complexity index is 950. The van der Waals surface area contributed by atoms with Crippen molar-refractivity contribution in [3.8, 4) is 5.75 Å². The number of hydrogen-bond acceptors (Lipinski definition) is 6. The van der Waals surface area contributed by atoms with Crippen molar-refractivity contribution in [1.82, 2.24) is 5.32 Å². The van der Waals surface area contributed by atoms with Gasteiger partial charge in [0.25, 0.3) is 0 Å². The third-order valence-electron chi connectivity index (χ3n) is 4.88. The predicted octanol–water partition coefficient (Wildman–Crippen LogP) is 3.43. The molecule has 0 radical (unpaired) electrons. The summed E-state index contributed by atoms with van der Waals surface area (Å²) < 4.78 is 22.0. The second kappa shape index (κ2) is 11.3. The van der Waals surface area contributed by atoms with Gasteiger partial charge in [0.2, 0.25) is 0 Å². The summed E-state index contributed by atoms with van der Waals surface area (Å²) in [5.74, 6) is -1.00. The predicted molar refractivity (Wildman–Crippen MR) is 122 cm³/mol. The van der Waals surface area contributed by atoms with E-state index in [4.69, 9.17) is 21.1 Å². The van der Waals surface area contributed by atoms with Crippen LogP contribution in [0.4, 0.5) is 0 Å². The van der Waals surface area contributed by atoms with Crippen molar-refractivity contribution in [2.75, 3.05) is 13.2 Å². The van der Waals surface area contributed by atoms with Crippen LogP contribution in [0.2, 0.25) is 5.02 Å². The molecule has 3 atom stereocenters. The first-order valence-electron chi connectivity index (χ1n) is 10.1. The molecule has 0 aliphatic heterocycles. The van der Waals surface area contributed by atoms with Crippen molar-refractivity contribution >= 4 is 25.2 Å². The minimum atomic E-state index is -4.96. The maximum absolute atomic E-state index is 12.1. The molecule has 0 aliphatic carbocycles. The summed E-state index contributed by atoms with van der Waals surface area (Å²) in [7, 11) is -4.96. The maximum Gasteiger partial charge on any atom is 0.380 e. The van der Waals surface area contributed by atoms with E-state index in [1.54, 1.807) is 30.3 Å². The van der Waals surface area contributed by atoms with Crippen molar-refractivity contribution in [3.05, 3.63) is 64.7 Å². The van der Waals surface area contributed by atoms with Crippen LogP contribution >= 0.6 is 19.2 Å². The highest BCUT2D eigenvalue weighted by molar-refractivity contribution is 7.54. The molecular formula is C22H29ClNO7P. The first-order valence-corrected chi connectivity index (χ1v) is 12.1. The van der Waals surface area contributed by atoms with E-state index in [0.29, 0.717) is 18.0 Å². The van der Waals surface area contributed by atoms with Crippen molar-refractivity contribution in [1.29, 1.82) is 0 Å². The number of aliphatic hydroxyl groups is 1. The molecule has 0 aromatic heterocycles. The summed E-state index contributed by atoms with van der Waals surface area (Å²) in [6.45, 7) is 4.84. The number of aliphatic hydroxyl groups excluding tert-OH is 1. The average Bonchev–Trinajstić information content (AvgIpc) is 2.72. The fourth-order valence-electron chi connectivity index (χ4n) is 2.98. The Morgan fingerprint density at radius 1 is 1.22 bits per heavy atom. The van der Waals surface area contributed by atoms with Gasteiger partial charge in [-0.2, -0.15) is 0 Å². The van der Waals surface area contributed by atoms with Crippen LogP contribution < -0.4 is 10.1 Å². The number of esters is 1. The molecule has 176 valence electrons. The average molecular weight is 486 g/mol. The van der Waals surface area contributed by atoms with Gasteiger partial charge in [0.1, 0.15) is 5.75 Å². The number of ether oxygens (including phenoxy) is 2. The van der Waals surface area contributed by atoms with Crippen molar-refractivity contribution in [2.45, 2.75) is 44.7 Å². The molecule has 0 saturated carbocycles. The second-order valence-electron chi connectivity index (χ2n) is 7.58. The number of nitrogens with one attached hydrogen (secondary N) is 1. The lowest BCUT2D eigenvalue weighted by atomic mass is 10.1. The van der Waals surface area contributed by atoms with Crippen LogP contribution in [0.1, 0.15) is 38.0 Å². The van der Waals surface area contributed by atoms with E-state index in [1.165, 1.54) is 19.1 Å². The van der Waals surface area contributed by atoms with Crippen LogP contribution in [0.25, 0.3) is 0 Å². The molecule has 0 saturated heterocycles. The Balaban J connectivity index is 1.96.